The molecule has 0 bridgehead atoms. The Morgan fingerprint density at radius 2 is 1.61 bits per heavy atom. The molecule has 146 valence electrons. The van der Waals surface area contributed by atoms with E-state index in [-0.39, 0.29) is 4.90 Å². The first-order valence-electron chi connectivity index (χ1n) is 9.24. The molecule has 0 saturated carbocycles. The van der Waals surface area contributed by atoms with E-state index in [4.69, 9.17) is 4.98 Å². The number of halogens is 1. The van der Waals surface area contributed by atoms with Gasteiger partial charge < -0.3 is 4.90 Å². The van der Waals surface area contributed by atoms with Gasteiger partial charge in [-0.15, -0.1) is 0 Å². The number of piperazine rings is 1. The van der Waals surface area contributed by atoms with Gasteiger partial charge in [0.1, 0.15) is 11.6 Å². The zero-order valence-electron chi connectivity index (χ0n) is 15.9. The van der Waals surface area contributed by atoms with Gasteiger partial charge in [0.2, 0.25) is 10.0 Å². The Hall–Kier alpha value is -2.51. The first kappa shape index (κ1) is 18.8. The molecule has 1 saturated heterocycles. The molecule has 0 spiro atoms. The summed E-state index contributed by atoms with van der Waals surface area (Å²) in [5, 5.41) is 1.14. The summed E-state index contributed by atoms with van der Waals surface area (Å²) in [5.74, 6) is 0.426. The highest BCUT2D eigenvalue weighted by atomic mass is 32.2. The summed E-state index contributed by atoms with van der Waals surface area (Å²) in [6.07, 6.45) is 0. The standard InChI is InChI=1S/C21H22FN3O2S/c1-15-4-3-5-19-16(2)14-20(23-21(15)19)24-10-12-25(13-11-24)28(26,27)18-8-6-17(22)7-9-18/h3-9,14H,10-13H2,1-2H3. The summed E-state index contributed by atoms with van der Waals surface area (Å²) in [4.78, 5) is 7.07. The van der Waals surface area contributed by atoms with E-state index in [2.05, 4.69) is 24.0 Å². The number of hydrogen-bond acceptors (Lipinski definition) is 4. The van der Waals surface area contributed by atoms with Crippen molar-refractivity contribution >= 4 is 26.7 Å². The molecule has 1 aliphatic heterocycles. The molecular formula is C21H22FN3O2S. The van der Waals surface area contributed by atoms with Crippen molar-refractivity contribution in [3.63, 3.8) is 0 Å². The van der Waals surface area contributed by atoms with Gasteiger partial charge in [-0.2, -0.15) is 4.31 Å². The van der Waals surface area contributed by atoms with Crippen LogP contribution in [0.2, 0.25) is 0 Å². The first-order chi connectivity index (χ1) is 13.4. The zero-order chi connectivity index (χ0) is 19.9. The van der Waals surface area contributed by atoms with E-state index in [0.717, 1.165) is 27.8 Å². The Bertz CT molecular complexity index is 1120. The maximum Gasteiger partial charge on any atom is 0.243 e. The lowest BCUT2D eigenvalue weighted by Gasteiger charge is -2.35. The van der Waals surface area contributed by atoms with Gasteiger partial charge in [0, 0.05) is 31.6 Å². The number of rotatable bonds is 3. The Balaban J connectivity index is 1.55. The molecule has 5 nitrogen and oxygen atoms in total. The van der Waals surface area contributed by atoms with Crippen molar-refractivity contribution in [1.82, 2.24) is 9.29 Å². The van der Waals surface area contributed by atoms with Gasteiger partial charge >= 0.3 is 0 Å². The second kappa shape index (κ2) is 7.14. The molecule has 4 rings (SSSR count). The number of para-hydroxylation sites is 1. The van der Waals surface area contributed by atoms with Gasteiger partial charge in [0.25, 0.3) is 0 Å². The topological polar surface area (TPSA) is 53.5 Å². The van der Waals surface area contributed by atoms with Crippen molar-refractivity contribution < 1.29 is 12.8 Å². The minimum absolute atomic E-state index is 0.123. The molecule has 7 heteroatoms. The average Bonchev–Trinajstić information content (AvgIpc) is 2.69. The molecule has 0 unspecified atom stereocenters. The smallest absolute Gasteiger partial charge is 0.243 e. The predicted octanol–water partition coefficient (Wildman–Crippen LogP) is 3.50. The Labute approximate surface area is 164 Å². The lowest BCUT2D eigenvalue weighted by Crippen LogP contribution is -2.48. The fourth-order valence-corrected chi connectivity index (χ4v) is 5.04. The molecule has 1 aliphatic rings. The second-order valence-electron chi connectivity index (χ2n) is 7.11. The van der Waals surface area contributed by atoms with E-state index in [9.17, 15) is 12.8 Å². The maximum absolute atomic E-state index is 13.1. The van der Waals surface area contributed by atoms with Gasteiger partial charge in [-0.25, -0.2) is 17.8 Å². The van der Waals surface area contributed by atoms with Gasteiger partial charge in [-0.05, 0) is 55.3 Å². The molecule has 3 aromatic rings. The maximum atomic E-state index is 13.1. The summed E-state index contributed by atoms with van der Waals surface area (Å²) in [6.45, 7) is 5.97. The number of hydrogen-bond donors (Lipinski definition) is 0. The monoisotopic (exact) mass is 399 g/mol. The van der Waals surface area contributed by atoms with Crippen LogP contribution in [-0.2, 0) is 10.0 Å². The highest BCUT2D eigenvalue weighted by Gasteiger charge is 2.29. The number of sulfonamides is 1. The lowest BCUT2D eigenvalue weighted by atomic mass is 10.1. The lowest BCUT2D eigenvalue weighted by molar-refractivity contribution is 0.384. The van der Waals surface area contributed by atoms with E-state index in [0.29, 0.717) is 26.2 Å². The normalized spacial score (nSPS) is 15.9. The summed E-state index contributed by atoms with van der Waals surface area (Å²) in [7, 11) is -3.61. The quantitative estimate of drug-likeness (QED) is 0.676. The van der Waals surface area contributed by atoms with Crippen LogP contribution in [0, 0.1) is 19.7 Å². The minimum atomic E-state index is -3.61. The Morgan fingerprint density at radius 1 is 0.929 bits per heavy atom. The van der Waals surface area contributed by atoms with Gasteiger partial charge in [0.05, 0.1) is 10.4 Å². The van der Waals surface area contributed by atoms with Crippen molar-refractivity contribution in [3.05, 3.63) is 65.5 Å². The van der Waals surface area contributed by atoms with Crippen molar-refractivity contribution in [3.8, 4) is 0 Å². The van der Waals surface area contributed by atoms with Crippen molar-refractivity contribution in [2.75, 3.05) is 31.1 Å². The number of pyridine rings is 1. The van der Waals surface area contributed by atoms with E-state index < -0.39 is 15.8 Å². The summed E-state index contributed by atoms with van der Waals surface area (Å²) in [5.41, 5.74) is 3.27. The van der Waals surface area contributed by atoms with Crippen LogP contribution < -0.4 is 4.90 Å². The third kappa shape index (κ3) is 3.36. The van der Waals surface area contributed by atoms with Crippen LogP contribution in [0.5, 0.6) is 0 Å². The van der Waals surface area contributed by atoms with E-state index in [1.165, 1.54) is 28.6 Å². The molecule has 28 heavy (non-hydrogen) atoms. The summed E-state index contributed by atoms with van der Waals surface area (Å²) >= 11 is 0. The number of benzene rings is 2. The van der Waals surface area contributed by atoms with Crippen molar-refractivity contribution in [2.24, 2.45) is 0 Å². The Morgan fingerprint density at radius 3 is 2.29 bits per heavy atom. The van der Waals surface area contributed by atoms with E-state index in [1.807, 2.05) is 19.1 Å². The number of aromatic nitrogens is 1. The van der Waals surface area contributed by atoms with Crippen LogP contribution in [0.15, 0.2) is 53.4 Å². The highest BCUT2D eigenvalue weighted by Crippen LogP contribution is 2.26. The summed E-state index contributed by atoms with van der Waals surface area (Å²) < 4.78 is 40.1. The van der Waals surface area contributed by atoms with Crippen LogP contribution in [0.4, 0.5) is 10.2 Å². The second-order valence-corrected chi connectivity index (χ2v) is 9.05. The number of nitrogens with zero attached hydrogens (tertiary/aromatic N) is 3. The minimum Gasteiger partial charge on any atom is -0.354 e. The molecule has 1 aromatic heterocycles. The van der Waals surface area contributed by atoms with E-state index >= 15 is 0 Å². The molecular weight excluding hydrogens is 377 g/mol. The van der Waals surface area contributed by atoms with Crippen LogP contribution >= 0.6 is 0 Å². The molecule has 2 aromatic carbocycles. The molecule has 0 atom stereocenters. The fourth-order valence-electron chi connectivity index (χ4n) is 3.62. The van der Waals surface area contributed by atoms with Crippen LogP contribution in [0.3, 0.4) is 0 Å². The largest absolute Gasteiger partial charge is 0.354 e. The molecule has 1 fully saturated rings. The van der Waals surface area contributed by atoms with Crippen LogP contribution in [0.1, 0.15) is 11.1 Å². The first-order valence-corrected chi connectivity index (χ1v) is 10.7. The number of anilines is 1. The molecule has 2 heterocycles. The van der Waals surface area contributed by atoms with Crippen LogP contribution in [0.25, 0.3) is 10.9 Å². The molecule has 0 amide bonds. The van der Waals surface area contributed by atoms with E-state index in [1.54, 1.807) is 0 Å². The molecule has 0 aliphatic carbocycles. The predicted molar refractivity (Wildman–Crippen MR) is 109 cm³/mol. The average molecular weight is 399 g/mol. The zero-order valence-corrected chi connectivity index (χ0v) is 16.7. The summed E-state index contributed by atoms with van der Waals surface area (Å²) in [6, 6.07) is 13.2. The van der Waals surface area contributed by atoms with Crippen molar-refractivity contribution in [2.45, 2.75) is 18.7 Å². The molecule has 0 N–H and O–H groups in total. The van der Waals surface area contributed by atoms with Gasteiger partial charge in [-0.1, -0.05) is 18.2 Å². The fraction of sp³-hybridized carbons (Fsp3) is 0.286. The van der Waals surface area contributed by atoms with Crippen molar-refractivity contribution in [1.29, 1.82) is 0 Å². The third-order valence-electron chi connectivity index (χ3n) is 5.25. The molecule has 0 radical (unpaired) electrons. The van der Waals surface area contributed by atoms with Gasteiger partial charge in [0.15, 0.2) is 0 Å². The number of fused-ring (bicyclic) bond motifs is 1. The third-order valence-corrected chi connectivity index (χ3v) is 7.16. The number of aryl methyl sites for hydroxylation is 2. The highest BCUT2D eigenvalue weighted by molar-refractivity contribution is 7.89. The SMILES string of the molecule is Cc1cc(N2CCN(S(=O)(=O)c3ccc(F)cc3)CC2)nc2c(C)cccc12. The van der Waals surface area contributed by atoms with Gasteiger partial charge in [-0.3, -0.25) is 0 Å². The Kier molecular flexibility index (Phi) is 4.81. The van der Waals surface area contributed by atoms with Crippen LogP contribution in [-0.4, -0.2) is 43.9 Å².